The molecule has 12 heavy (non-hydrogen) atoms. The topological polar surface area (TPSA) is 21.8 Å². The van der Waals surface area contributed by atoms with E-state index in [9.17, 15) is 0 Å². The van der Waals surface area contributed by atoms with Gasteiger partial charge in [-0.25, -0.2) is 0 Å². The van der Waals surface area contributed by atoms with Crippen LogP contribution in [-0.4, -0.2) is 24.9 Å². The Morgan fingerprint density at radius 3 is 2.50 bits per heavy atom. The molecular formula is C10H18O2. The van der Waals surface area contributed by atoms with Crippen LogP contribution in [0, 0.1) is 5.92 Å². The van der Waals surface area contributed by atoms with E-state index >= 15 is 0 Å². The van der Waals surface area contributed by atoms with E-state index in [1.807, 2.05) is 0 Å². The van der Waals surface area contributed by atoms with Crippen molar-refractivity contribution in [1.82, 2.24) is 0 Å². The van der Waals surface area contributed by atoms with Gasteiger partial charge in [0.2, 0.25) is 0 Å². The minimum Gasteiger partial charge on any atom is -0.372 e. The van der Waals surface area contributed by atoms with E-state index in [1.165, 1.54) is 0 Å². The molecule has 0 aromatic rings. The molecule has 2 heteroatoms. The molecule has 70 valence electrons. The largest absolute Gasteiger partial charge is 0.372 e. The van der Waals surface area contributed by atoms with Crippen LogP contribution >= 0.6 is 0 Å². The van der Waals surface area contributed by atoms with E-state index in [4.69, 9.17) is 9.47 Å². The van der Waals surface area contributed by atoms with Gasteiger partial charge in [0.25, 0.3) is 0 Å². The van der Waals surface area contributed by atoms with Gasteiger partial charge in [0.15, 0.2) is 0 Å². The summed E-state index contributed by atoms with van der Waals surface area (Å²) in [5.74, 6) is 0.602. The van der Waals surface area contributed by atoms with Crippen LogP contribution in [0.2, 0.25) is 0 Å². The Balaban J connectivity index is 2.18. The standard InChI is InChI=1S/C10H18O2/c1-5-6-11-8(4)10-9(12-10)7(2)3/h5,7-10H,1,6H2,2-4H3. The van der Waals surface area contributed by atoms with Crippen molar-refractivity contribution in [1.29, 1.82) is 0 Å². The van der Waals surface area contributed by atoms with Crippen LogP contribution in [0.5, 0.6) is 0 Å². The normalized spacial score (nSPS) is 30.3. The van der Waals surface area contributed by atoms with Crippen LogP contribution in [0.25, 0.3) is 0 Å². The first-order valence-corrected chi connectivity index (χ1v) is 4.54. The third-order valence-electron chi connectivity index (χ3n) is 2.16. The maximum absolute atomic E-state index is 5.48. The van der Waals surface area contributed by atoms with Gasteiger partial charge in [0.05, 0.1) is 18.8 Å². The lowest BCUT2D eigenvalue weighted by molar-refractivity contribution is 0.0653. The second-order valence-corrected chi connectivity index (χ2v) is 3.64. The van der Waals surface area contributed by atoms with Gasteiger partial charge in [-0.1, -0.05) is 19.9 Å². The van der Waals surface area contributed by atoms with E-state index in [0.29, 0.717) is 24.7 Å². The van der Waals surface area contributed by atoms with Crippen molar-refractivity contribution in [3.05, 3.63) is 12.7 Å². The predicted molar refractivity (Wildman–Crippen MR) is 49.1 cm³/mol. The Kier molecular flexibility index (Phi) is 3.29. The van der Waals surface area contributed by atoms with Gasteiger partial charge in [-0.15, -0.1) is 6.58 Å². The van der Waals surface area contributed by atoms with Gasteiger partial charge in [-0.2, -0.15) is 0 Å². The summed E-state index contributed by atoms with van der Waals surface area (Å²) in [7, 11) is 0. The van der Waals surface area contributed by atoms with E-state index in [-0.39, 0.29) is 6.10 Å². The summed E-state index contributed by atoms with van der Waals surface area (Å²) in [5, 5.41) is 0. The van der Waals surface area contributed by atoms with Crippen LogP contribution in [0.3, 0.4) is 0 Å². The highest BCUT2D eigenvalue weighted by Gasteiger charge is 2.45. The first-order chi connectivity index (χ1) is 5.66. The van der Waals surface area contributed by atoms with Gasteiger partial charge < -0.3 is 9.47 Å². The van der Waals surface area contributed by atoms with Crippen LogP contribution in [0.1, 0.15) is 20.8 Å². The zero-order valence-corrected chi connectivity index (χ0v) is 8.12. The second kappa shape index (κ2) is 4.06. The van der Waals surface area contributed by atoms with Gasteiger partial charge >= 0.3 is 0 Å². The summed E-state index contributed by atoms with van der Waals surface area (Å²) >= 11 is 0. The zero-order chi connectivity index (χ0) is 9.14. The van der Waals surface area contributed by atoms with Gasteiger partial charge in [-0.3, -0.25) is 0 Å². The summed E-state index contributed by atoms with van der Waals surface area (Å²) in [5.41, 5.74) is 0. The number of hydrogen-bond donors (Lipinski definition) is 0. The molecule has 0 N–H and O–H groups in total. The molecular weight excluding hydrogens is 152 g/mol. The van der Waals surface area contributed by atoms with Gasteiger partial charge in [-0.05, 0) is 12.8 Å². The molecule has 3 unspecified atom stereocenters. The molecule has 0 aromatic carbocycles. The van der Waals surface area contributed by atoms with Crippen molar-refractivity contribution >= 4 is 0 Å². The molecule has 0 spiro atoms. The van der Waals surface area contributed by atoms with Crippen molar-refractivity contribution in [2.45, 2.75) is 39.1 Å². The Morgan fingerprint density at radius 2 is 2.08 bits per heavy atom. The smallest absolute Gasteiger partial charge is 0.110 e. The summed E-state index contributed by atoms with van der Waals surface area (Å²) in [6.07, 6.45) is 2.69. The van der Waals surface area contributed by atoms with Gasteiger partial charge in [0, 0.05) is 0 Å². The molecule has 3 atom stereocenters. The first kappa shape index (κ1) is 9.75. The van der Waals surface area contributed by atoms with Crippen molar-refractivity contribution in [2.24, 2.45) is 5.92 Å². The molecule has 0 amide bonds. The fourth-order valence-electron chi connectivity index (χ4n) is 1.36. The summed E-state index contributed by atoms with van der Waals surface area (Å²) in [4.78, 5) is 0. The zero-order valence-electron chi connectivity index (χ0n) is 8.12. The lowest BCUT2D eigenvalue weighted by Gasteiger charge is -2.08. The van der Waals surface area contributed by atoms with Crippen LogP contribution in [0.4, 0.5) is 0 Å². The SMILES string of the molecule is C=CCOC(C)C1OC1C(C)C. The molecule has 1 rings (SSSR count). The third kappa shape index (κ3) is 2.32. The predicted octanol–water partition coefficient (Wildman–Crippen LogP) is 2.00. The number of epoxide rings is 1. The third-order valence-corrected chi connectivity index (χ3v) is 2.16. The van der Waals surface area contributed by atoms with Crippen LogP contribution in [-0.2, 0) is 9.47 Å². The number of ether oxygens (including phenoxy) is 2. The molecule has 1 heterocycles. The first-order valence-electron chi connectivity index (χ1n) is 4.54. The highest BCUT2D eigenvalue weighted by atomic mass is 16.6. The molecule has 1 fully saturated rings. The molecule has 1 aliphatic rings. The molecule has 1 aliphatic heterocycles. The minimum atomic E-state index is 0.204. The summed E-state index contributed by atoms with van der Waals surface area (Å²) < 4.78 is 10.9. The molecule has 0 aliphatic carbocycles. The molecule has 0 bridgehead atoms. The summed E-state index contributed by atoms with van der Waals surface area (Å²) in [6.45, 7) is 10.6. The molecule has 0 aromatic heterocycles. The quantitative estimate of drug-likeness (QED) is 0.465. The highest BCUT2D eigenvalue weighted by Crippen LogP contribution is 2.32. The highest BCUT2D eigenvalue weighted by molar-refractivity contribution is 4.91. The van der Waals surface area contributed by atoms with E-state index in [2.05, 4.69) is 27.4 Å². The number of rotatable bonds is 5. The second-order valence-electron chi connectivity index (χ2n) is 3.64. The van der Waals surface area contributed by atoms with Crippen molar-refractivity contribution in [2.75, 3.05) is 6.61 Å². The Hall–Kier alpha value is -0.340. The average Bonchev–Trinajstić information content (AvgIpc) is 2.78. The van der Waals surface area contributed by atoms with Crippen molar-refractivity contribution < 1.29 is 9.47 Å². The maximum atomic E-state index is 5.48. The Bertz CT molecular complexity index is 154. The lowest BCUT2D eigenvalue weighted by atomic mass is 10.1. The Morgan fingerprint density at radius 1 is 1.42 bits per heavy atom. The molecule has 0 saturated carbocycles. The van der Waals surface area contributed by atoms with Crippen LogP contribution in [0.15, 0.2) is 12.7 Å². The van der Waals surface area contributed by atoms with Crippen molar-refractivity contribution in [3.8, 4) is 0 Å². The molecule has 1 saturated heterocycles. The van der Waals surface area contributed by atoms with Crippen LogP contribution < -0.4 is 0 Å². The fourth-order valence-corrected chi connectivity index (χ4v) is 1.36. The van der Waals surface area contributed by atoms with E-state index in [1.54, 1.807) is 6.08 Å². The minimum absolute atomic E-state index is 0.204. The average molecular weight is 170 g/mol. The van der Waals surface area contributed by atoms with E-state index in [0.717, 1.165) is 0 Å². The molecule has 2 nitrogen and oxygen atoms in total. The maximum Gasteiger partial charge on any atom is 0.110 e. The summed E-state index contributed by atoms with van der Waals surface area (Å²) in [6, 6.07) is 0. The van der Waals surface area contributed by atoms with Gasteiger partial charge in [0.1, 0.15) is 6.10 Å². The monoisotopic (exact) mass is 170 g/mol. The van der Waals surface area contributed by atoms with E-state index < -0.39 is 0 Å². The Labute approximate surface area is 74.6 Å². The lowest BCUT2D eigenvalue weighted by Crippen LogP contribution is -2.19. The number of hydrogen-bond acceptors (Lipinski definition) is 2. The van der Waals surface area contributed by atoms with Crippen molar-refractivity contribution in [3.63, 3.8) is 0 Å². The fraction of sp³-hybridized carbons (Fsp3) is 0.800. The molecule has 0 radical (unpaired) electrons.